The molecule has 0 N–H and O–H groups in total. The average molecular weight is 328 g/mol. The minimum absolute atomic E-state index is 0. The molecule has 0 heterocycles. The zero-order valence-electron chi connectivity index (χ0n) is 10.5. The first-order chi connectivity index (χ1) is 5.45. The summed E-state index contributed by atoms with van der Waals surface area (Å²) in [5.41, 5.74) is 4.39. The predicted molar refractivity (Wildman–Crippen MR) is 70.1 cm³/mol. The van der Waals surface area contributed by atoms with Gasteiger partial charge in [0.1, 0.15) is 0 Å². The van der Waals surface area contributed by atoms with Crippen LogP contribution >= 0.6 is 24.8 Å². The van der Waals surface area contributed by atoms with Crippen molar-refractivity contribution in [3.63, 3.8) is 0 Å². The molecule has 0 spiro atoms. The third kappa shape index (κ3) is 6.29. The van der Waals surface area contributed by atoms with Crippen LogP contribution in [0.1, 0.15) is 41.5 Å². The van der Waals surface area contributed by atoms with Crippen molar-refractivity contribution in [3.8, 4) is 0 Å². The van der Waals surface area contributed by atoms with Gasteiger partial charge in [-0.3, -0.25) is 6.08 Å². The fraction of sp³-hybridized carbons (Fsp3) is 0.583. The SMILES string of the molecule is CC1=[C-]C(C)(C)C(C)=C1C.Cl.Cl.[CH2-]C.[Zr+2]. The van der Waals surface area contributed by atoms with Crippen LogP contribution in [0.4, 0.5) is 0 Å². The predicted octanol–water partition coefficient (Wildman–Crippen LogP) is 4.79. The molecule has 1 aliphatic carbocycles. The Morgan fingerprint density at radius 3 is 1.40 bits per heavy atom. The summed E-state index contributed by atoms with van der Waals surface area (Å²) in [4.78, 5) is 0. The average Bonchev–Trinajstić information content (AvgIpc) is 2.19. The van der Waals surface area contributed by atoms with E-state index in [1.54, 1.807) is 6.92 Å². The largest absolute Gasteiger partial charge is 2.00 e. The van der Waals surface area contributed by atoms with E-state index in [1.165, 1.54) is 16.7 Å². The fourth-order valence-corrected chi connectivity index (χ4v) is 1.41. The number of hydrogen-bond acceptors (Lipinski definition) is 0. The molecule has 0 atom stereocenters. The van der Waals surface area contributed by atoms with Gasteiger partial charge in [-0.15, -0.1) is 31.7 Å². The van der Waals surface area contributed by atoms with Crippen LogP contribution in [0.25, 0.3) is 0 Å². The van der Waals surface area contributed by atoms with E-state index in [0.717, 1.165) is 0 Å². The fourth-order valence-electron chi connectivity index (χ4n) is 1.41. The smallest absolute Gasteiger partial charge is 0.346 e. The molecule has 0 saturated heterocycles. The van der Waals surface area contributed by atoms with Crippen molar-refractivity contribution < 1.29 is 26.2 Å². The Morgan fingerprint density at radius 2 is 1.33 bits per heavy atom. The maximum absolute atomic E-state index is 3.44. The van der Waals surface area contributed by atoms with Gasteiger partial charge in [-0.1, -0.05) is 33.1 Å². The molecule has 0 saturated carbocycles. The molecule has 0 amide bonds. The van der Waals surface area contributed by atoms with E-state index in [1.807, 2.05) is 0 Å². The number of hydrogen-bond donors (Lipinski definition) is 0. The number of rotatable bonds is 0. The monoisotopic (exact) mass is 326 g/mol. The zero-order valence-corrected chi connectivity index (χ0v) is 14.6. The molecule has 0 aliphatic heterocycles. The summed E-state index contributed by atoms with van der Waals surface area (Å²) in [6, 6.07) is 0. The first-order valence-electron chi connectivity index (χ1n) is 4.46. The van der Waals surface area contributed by atoms with E-state index in [9.17, 15) is 0 Å². The standard InChI is InChI=1S/C10H15.C2H5.2ClH.Zr/c1-7-6-10(4,5)9(3)8(7)2;1-2;;;/h1-5H3;1H2,2H3;2*1H;/q2*-1;;;+2. The van der Waals surface area contributed by atoms with E-state index >= 15 is 0 Å². The maximum Gasteiger partial charge on any atom is 2.00 e. The Balaban J connectivity index is -0.000000114. The van der Waals surface area contributed by atoms with E-state index in [-0.39, 0.29) is 56.4 Å². The van der Waals surface area contributed by atoms with Crippen LogP contribution in [0.3, 0.4) is 0 Å². The third-order valence-corrected chi connectivity index (χ3v) is 2.56. The normalized spacial score (nSPS) is 16.1. The van der Waals surface area contributed by atoms with Crippen LogP contribution in [0.15, 0.2) is 16.7 Å². The van der Waals surface area contributed by atoms with Crippen LogP contribution < -0.4 is 0 Å². The molecule has 0 aromatic carbocycles. The van der Waals surface area contributed by atoms with Gasteiger partial charge < -0.3 is 6.92 Å². The first-order valence-corrected chi connectivity index (χ1v) is 4.46. The Labute approximate surface area is 127 Å². The second-order valence-electron chi connectivity index (χ2n) is 3.62. The molecule has 0 radical (unpaired) electrons. The Hall–Kier alpha value is 0.943. The summed E-state index contributed by atoms with van der Waals surface area (Å²) in [6.07, 6.45) is 3.44. The molecule has 1 rings (SSSR count). The van der Waals surface area contributed by atoms with Gasteiger partial charge >= 0.3 is 26.2 Å². The minimum atomic E-state index is 0. The van der Waals surface area contributed by atoms with Gasteiger partial charge in [0.25, 0.3) is 0 Å². The maximum atomic E-state index is 3.44. The topological polar surface area (TPSA) is 0 Å². The van der Waals surface area contributed by atoms with Crippen molar-refractivity contribution in [2.24, 2.45) is 5.41 Å². The van der Waals surface area contributed by atoms with Crippen LogP contribution in [0.2, 0.25) is 0 Å². The van der Waals surface area contributed by atoms with Gasteiger partial charge in [-0.2, -0.15) is 18.1 Å². The molecule has 0 aromatic rings. The summed E-state index contributed by atoms with van der Waals surface area (Å²) >= 11 is 0. The summed E-state index contributed by atoms with van der Waals surface area (Å²) in [5, 5.41) is 0. The van der Waals surface area contributed by atoms with Crippen molar-refractivity contribution in [2.45, 2.75) is 41.5 Å². The Bertz CT molecular complexity index is 228. The van der Waals surface area contributed by atoms with Crippen LogP contribution in [0.5, 0.6) is 0 Å². The van der Waals surface area contributed by atoms with Gasteiger partial charge in [0, 0.05) is 0 Å². The molecule has 3 heteroatoms. The summed E-state index contributed by atoms with van der Waals surface area (Å²) < 4.78 is 0. The van der Waals surface area contributed by atoms with E-state index in [4.69, 9.17) is 0 Å². The zero-order chi connectivity index (χ0) is 9.94. The van der Waals surface area contributed by atoms with Gasteiger partial charge in [0.2, 0.25) is 0 Å². The van der Waals surface area contributed by atoms with Crippen LogP contribution in [-0.2, 0) is 26.2 Å². The molecular formula is C12H22Cl2Zr. The van der Waals surface area contributed by atoms with Gasteiger partial charge in [0.05, 0.1) is 0 Å². The Morgan fingerprint density at radius 1 is 1.00 bits per heavy atom. The molecule has 0 nitrogen and oxygen atoms in total. The van der Waals surface area contributed by atoms with Crippen molar-refractivity contribution in [1.29, 1.82) is 0 Å². The van der Waals surface area contributed by atoms with Gasteiger partial charge in [0.15, 0.2) is 0 Å². The van der Waals surface area contributed by atoms with Crippen molar-refractivity contribution in [2.75, 3.05) is 0 Å². The molecule has 0 fully saturated rings. The van der Waals surface area contributed by atoms with Gasteiger partial charge in [-0.25, -0.2) is 5.57 Å². The molecule has 88 valence electrons. The second kappa shape index (κ2) is 10.1. The number of halogens is 2. The van der Waals surface area contributed by atoms with E-state index in [0.29, 0.717) is 0 Å². The van der Waals surface area contributed by atoms with Crippen LogP contribution in [0, 0.1) is 18.4 Å². The second-order valence-corrected chi connectivity index (χ2v) is 3.62. The molecule has 15 heavy (non-hydrogen) atoms. The molecule has 0 aromatic heterocycles. The van der Waals surface area contributed by atoms with Crippen molar-refractivity contribution in [3.05, 3.63) is 29.7 Å². The quantitative estimate of drug-likeness (QED) is 0.561. The first kappa shape index (κ1) is 25.0. The molecular weight excluding hydrogens is 306 g/mol. The summed E-state index contributed by atoms with van der Waals surface area (Å²) in [6.45, 7) is 15.9. The van der Waals surface area contributed by atoms with Crippen molar-refractivity contribution >= 4 is 24.8 Å². The number of allylic oxidation sites excluding steroid dienone is 4. The van der Waals surface area contributed by atoms with Crippen LogP contribution in [-0.4, -0.2) is 0 Å². The summed E-state index contributed by atoms with van der Waals surface area (Å²) in [7, 11) is 0. The van der Waals surface area contributed by atoms with Crippen molar-refractivity contribution in [1.82, 2.24) is 0 Å². The molecule has 1 aliphatic rings. The Kier molecular flexibility index (Phi) is 16.8. The molecule has 0 unspecified atom stereocenters. The van der Waals surface area contributed by atoms with E-state index < -0.39 is 0 Å². The molecule has 0 bridgehead atoms. The third-order valence-electron chi connectivity index (χ3n) is 2.56. The summed E-state index contributed by atoms with van der Waals surface area (Å²) in [5.74, 6) is 0. The minimum Gasteiger partial charge on any atom is -0.346 e. The van der Waals surface area contributed by atoms with E-state index in [2.05, 4.69) is 47.6 Å². The van der Waals surface area contributed by atoms with Gasteiger partial charge in [-0.05, 0) is 0 Å².